The van der Waals surface area contributed by atoms with E-state index in [1.54, 1.807) is 11.3 Å². The first-order chi connectivity index (χ1) is 12.7. The minimum Gasteiger partial charge on any atom is -0.343 e. The van der Waals surface area contributed by atoms with Crippen molar-refractivity contribution in [1.82, 2.24) is 9.88 Å². The summed E-state index contributed by atoms with van der Waals surface area (Å²) < 4.78 is 4.15. The molecule has 3 aromatic carbocycles. The molecule has 0 bridgehead atoms. The molecule has 4 nitrogen and oxygen atoms in total. The summed E-state index contributed by atoms with van der Waals surface area (Å²) in [6, 6.07) is 16.2. The van der Waals surface area contributed by atoms with E-state index >= 15 is 0 Å². The molecule has 5 aromatic rings. The number of nitrogens with one attached hydrogen (secondary N) is 1. The molecule has 0 radical (unpaired) electrons. The van der Waals surface area contributed by atoms with Crippen LogP contribution in [-0.4, -0.2) is 16.4 Å². The number of amides is 2. The maximum absolute atomic E-state index is 12.7. The Bertz CT molecular complexity index is 1460. The van der Waals surface area contributed by atoms with E-state index in [-0.39, 0.29) is 11.8 Å². The molecule has 0 saturated heterocycles. The van der Waals surface area contributed by atoms with E-state index in [0.29, 0.717) is 11.1 Å². The topological polar surface area (TPSA) is 51.1 Å². The Balaban J connectivity index is 2.08. The van der Waals surface area contributed by atoms with Crippen LogP contribution in [0.15, 0.2) is 48.5 Å². The van der Waals surface area contributed by atoms with Gasteiger partial charge < -0.3 is 4.57 Å². The van der Waals surface area contributed by atoms with Gasteiger partial charge in [0, 0.05) is 38.8 Å². The predicted octanol–water partition coefficient (Wildman–Crippen LogP) is 4.58. The molecule has 26 heavy (non-hydrogen) atoms. The lowest BCUT2D eigenvalue weighted by atomic mass is 9.98. The lowest BCUT2D eigenvalue weighted by Crippen LogP contribution is -2.20. The largest absolute Gasteiger partial charge is 0.343 e. The molecular formula is C21H12N2O2S. The van der Waals surface area contributed by atoms with Crippen molar-refractivity contribution in [2.24, 2.45) is 7.05 Å². The fraction of sp³-hybridized carbons (Fsp3) is 0.0476. The highest BCUT2D eigenvalue weighted by molar-refractivity contribution is 7.26. The number of imide groups is 1. The van der Waals surface area contributed by atoms with E-state index in [9.17, 15) is 9.59 Å². The van der Waals surface area contributed by atoms with Gasteiger partial charge in [0.25, 0.3) is 11.8 Å². The van der Waals surface area contributed by atoms with E-state index < -0.39 is 0 Å². The Morgan fingerprint density at radius 2 is 1.54 bits per heavy atom. The zero-order valence-corrected chi connectivity index (χ0v) is 14.6. The number of para-hydroxylation sites is 1. The van der Waals surface area contributed by atoms with Gasteiger partial charge in [-0.05, 0) is 12.1 Å². The van der Waals surface area contributed by atoms with E-state index in [2.05, 4.69) is 28.1 Å². The van der Waals surface area contributed by atoms with Crippen molar-refractivity contribution in [2.75, 3.05) is 0 Å². The summed E-state index contributed by atoms with van der Waals surface area (Å²) in [4.78, 5) is 25.3. The molecular weight excluding hydrogens is 344 g/mol. The van der Waals surface area contributed by atoms with Crippen LogP contribution in [0, 0.1) is 0 Å². The van der Waals surface area contributed by atoms with Crippen LogP contribution in [-0.2, 0) is 7.05 Å². The molecule has 0 atom stereocenters. The molecule has 6 rings (SSSR count). The van der Waals surface area contributed by atoms with Crippen LogP contribution < -0.4 is 5.32 Å². The molecule has 0 fully saturated rings. The van der Waals surface area contributed by atoms with Crippen LogP contribution in [0.25, 0.3) is 42.0 Å². The summed E-state index contributed by atoms with van der Waals surface area (Å²) in [7, 11) is 2.03. The molecule has 2 aromatic heterocycles. The van der Waals surface area contributed by atoms with Crippen molar-refractivity contribution >= 4 is 65.1 Å². The molecule has 2 amide bonds. The van der Waals surface area contributed by atoms with Gasteiger partial charge in [0.15, 0.2) is 0 Å². The second-order valence-electron chi connectivity index (χ2n) is 6.64. The summed E-state index contributed by atoms with van der Waals surface area (Å²) in [5, 5.41) is 6.56. The molecule has 0 aliphatic carbocycles. The minimum atomic E-state index is -0.300. The molecule has 5 heteroatoms. The van der Waals surface area contributed by atoms with Gasteiger partial charge in [0.05, 0.1) is 21.3 Å². The van der Waals surface area contributed by atoms with Crippen LogP contribution in [0.3, 0.4) is 0 Å². The van der Waals surface area contributed by atoms with Gasteiger partial charge in [0.1, 0.15) is 0 Å². The number of aryl methyl sites for hydroxylation is 1. The Morgan fingerprint density at radius 3 is 2.38 bits per heavy atom. The standard InChI is InChI=1S/C21H12N2O2S/c1-23-12-8-4-2-6-10(12)14-16-17(21(25)22-20(16)24)19-15(18(14)23)11-7-3-5-9-13(11)26-19/h2-9H,1H3,(H,22,24,25). The third kappa shape index (κ3) is 1.46. The second-order valence-corrected chi connectivity index (χ2v) is 7.69. The van der Waals surface area contributed by atoms with Crippen LogP contribution in [0.2, 0.25) is 0 Å². The average molecular weight is 356 g/mol. The number of fused-ring (bicyclic) bond motifs is 10. The van der Waals surface area contributed by atoms with Gasteiger partial charge >= 0.3 is 0 Å². The van der Waals surface area contributed by atoms with E-state index in [1.807, 2.05) is 37.4 Å². The summed E-state index contributed by atoms with van der Waals surface area (Å²) in [6.07, 6.45) is 0. The molecule has 1 aliphatic rings. The highest BCUT2D eigenvalue weighted by atomic mass is 32.1. The van der Waals surface area contributed by atoms with E-state index in [1.165, 1.54) is 0 Å². The van der Waals surface area contributed by atoms with Crippen LogP contribution in [0.4, 0.5) is 0 Å². The summed E-state index contributed by atoms with van der Waals surface area (Å²) >= 11 is 1.58. The van der Waals surface area contributed by atoms with Gasteiger partial charge in [0.2, 0.25) is 0 Å². The fourth-order valence-corrected chi connectivity index (χ4v) is 5.56. The van der Waals surface area contributed by atoms with Crippen LogP contribution >= 0.6 is 11.3 Å². The Kier molecular flexibility index (Phi) is 2.43. The Morgan fingerprint density at radius 1 is 0.846 bits per heavy atom. The van der Waals surface area contributed by atoms with Crippen molar-refractivity contribution in [1.29, 1.82) is 0 Å². The first-order valence-corrected chi connectivity index (χ1v) is 9.18. The number of benzene rings is 3. The number of rotatable bonds is 0. The molecule has 1 aliphatic heterocycles. The summed E-state index contributed by atoms with van der Waals surface area (Å²) in [6.45, 7) is 0. The molecule has 0 unspecified atom stereocenters. The smallest absolute Gasteiger partial charge is 0.260 e. The molecule has 3 heterocycles. The van der Waals surface area contributed by atoms with Crippen LogP contribution in [0.1, 0.15) is 20.7 Å². The molecule has 0 saturated carbocycles. The van der Waals surface area contributed by atoms with Gasteiger partial charge in [-0.25, -0.2) is 0 Å². The Hall–Kier alpha value is -3.18. The van der Waals surface area contributed by atoms with Gasteiger partial charge in [-0.15, -0.1) is 11.3 Å². The quantitative estimate of drug-likeness (QED) is 0.413. The third-order valence-electron chi connectivity index (χ3n) is 5.35. The third-order valence-corrected chi connectivity index (χ3v) is 6.54. The minimum absolute atomic E-state index is 0.295. The maximum Gasteiger partial charge on any atom is 0.260 e. The zero-order chi connectivity index (χ0) is 17.6. The molecule has 124 valence electrons. The number of carbonyl (C=O) groups excluding carboxylic acids is 2. The van der Waals surface area contributed by atoms with Crippen molar-refractivity contribution in [3.63, 3.8) is 0 Å². The van der Waals surface area contributed by atoms with Crippen molar-refractivity contribution in [3.05, 3.63) is 59.7 Å². The van der Waals surface area contributed by atoms with Gasteiger partial charge in [-0.1, -0.05) is 36.4 Å². The number of carbonyl (C=O) groups is 2. The number of thiophene rings is 1. The van der Waals surface area contributed by atoms with E-state index in [4.69, 9.17) is 0 Å². The van der Waals surface area contributed by atoms with Gasteiger partial charge in [-0.3, -0.25) is 14.9 Å². The Labute approximate surface area is 151 Å². The first-order valence-electron chi connectivity index (χ1n) is 8.37. The average Bonchev–Trinajstić information content (AvgIpc) is 3.26. The number of nitrogens with zero attached hydrogens (tertiary/aromatic N) is 1. The number of hydrogen-bond acceptors (Lipinski definition) is 3. The zero-order valence-electron chi connectivity index (χ0n) is 13.8. The highest BCUT2D eigenvalue weighted by Gasteiger charge is 2.35. The van der Waals surface area contributed by atoms with Crippen molar-refractivity contribution < 1.29 is 9.59 Å². The van der Waals surface area contributed by atoms with Gasteiger partial charge in [-0.2, -0.15) is 0 Å². The SMILES string of the molecule is Cn1c2ccccc2c2c3c(c4sc5ccccc5c4c21)C(=O)NC3=O. The predicted molar refractivity (Wildman–Crippen MR) is 105 cm³/mol. The lowest BCUT2D eigenvalue weighted by molar-refractivity contribution is 0.0880. The summed E-state index contributed by atoms with van der Waals surface area (Å²) in [5.41, 5.74) is 3.11. The monoisotopic (exact) mass is 356 g/mol. The summed E-state index contributed by atoms with van der Waals surface area (Å²) in [5.74, 6) is -0.595. The molecule has 0 spiro atoms. The molecule has 1 N–H and O–H groups in total. The first kappa shape index (κ1) is 14.0. The van der Waals surface area contributed by atoms with Crippen molar-refractivity contribution in [2.45, 2.75) is 0 Å². The van der Waals surface area contributed by atoms with Crippen molar-refractivity contribution in [3.8, 4) is 0 Å². The van der Waals surface area contributed by atoms with Crippen LogP contribution in [0.5, 0.6) is 0 Å². The number of aromatic nitrogens is 1. The second kappa shape index (κ2) is 4.51. The normalized spacial score (nSPS) is 14.0. The van der Waals surface area contributed by atoms with E-state index in [0.717, 1.165) is 42.0 Å². The number of hydrogen-bond donors (Lipinski definition) is 1. The maximum atomic E-state index is 12.7. The lowest BCUT2D eigenvalue weighted by Gasteiger charge is -2.05. The fourth-order valence-electron chi connectivity index (χ4n) is 4.31. The highest BCUT2D eigenvalue weighted by Crippen LogP contribution is 2.46.